The molecule has 1 fully saturated rings. The third-order valence-electron chi connectivity index (χ3n) is 2.43. The first-order valence-corrected chi connectivity index (χ1v) is 4.75. The summed E-state index contributed by atoms with van der Waals surface area (Å²) < 4.78 is 0. The Morgan fingerprint density at radius 2 is 2.15 bits per heavy atom. The molecule has 0 aromatic rings. The summed E-state index contributed by atoms with van der Waals surface area (Å²) in [7, 11) is 0. The van der Waals surface area contributed by atoms with Crippen LogP contribution in [0.1, 0.15) is 33.1 Å². The number of carbonyl (C=O) groups excluding carboxylic acids is 2. The highest BCUT2D eigenvalue weighted by Gasteiger charge is 2.31. The summed E-state index contributed by atoms with van der Waals surface area (Å²) in [6, 6.07) is -0.161. The van der Waals surface area contributed by atoms with Crippen molar-refractivity contribution in [2.45, 2.75) is 39.2 Å². The molecule has 0 amide bonds. The number of aliphatic imine (C=N–C) groups is 1. The van der Waals surface area contributed by atoms with Crippen LogP contribution in [0.2, 0.25) is 0 Å². The molecule has 3 heteroatoms. The van der Waals surface area contributed by atoms with E-state index in [2.05, 4.69) is 4.99 Å². The number of rotatable bonds is 5. The van der Waals surface area contributed by atoms with Crippen molar-refractivity contribution in [1.82, 2.24) is 0 Å². The van der Waals surface area contributed by atoms with Crippen molar-refractivity contribution < 1.29 is 9.59 Å². The molecule has 1 saturated carbocycles. The number of hydrogen-bond acceptors (Lipinski definition) is 3. The van der Waals surface area contributed by atoms with Gasteiger partial charge in [-0.2, -0.15) is 0 Å². The van der Waals surface area contributed by atoms with Crippen LogP contribution in [-0.2, 0) is 9.59 Å². The first-order chi connectivity index (χ1) is 6.15. The second-order valence-electron chi connectivity index (χ2n) is 3.98. The lowest BCUT2D eigenvalue weighted by Gasteiger charge is -2.12. The fourth-order valence-electron chi connectivity index (χ4n) is 1.28. The maximum absolute atomic E-state index is 11.4. The minimum Gasteiger partial charge on any atom is -0.299 e. The molecule has 0 radical (unpaired) electrons. The summed E-state index contributed by atoms with van der Waals surface area (Å²) in [6.45, 7) is 3.93. The summed E-state index contributed by atoms with van der Waals surface area (Å²) in [5.74, 6) is 0.768. The largest absolute Gasteiger partial charge is 0.299 e. The number of Topliss-reactive ketones (excluding diaryl/α,β-unsaturated/α-hetero) is 1. The molecule has 0 unspecified atom stereocenters. The second kappa shape index (κ2) is 4.33. The van der Waals surface area contributed by atoms with Crippen molar-refractivity contribution in [2.75, 3.05) is 0 Å². The SMILES string of the molecule is CC(C)[C@@H](CC(=O)C1CC1)N=C=O. The van der Waals surface area contributed by atoms with Gasteiger partial charge in [0.2, 0.25) is 6.08 Å². The molecule has 1 aliphatic carbocycles. The van der Waals surface area contributed by atoms with Crippen LogP contribution in [0.3, 0.4) is 0 Å². The molecule has 0 bridgehead atoms. The van der Waals surface area contributed by atoms with E-state index in [9.17, 15) is 9.59 Å². The van der Waals surface area contributed by atoms with Gasteiger partial charge >= 0.3 is 0 Å². The lowest BCUT2D eigenvalue weighted by molar-refractivity contribution is -0.120. The Balaban J connectivity index is 2.45. The van der Waals surface area contributed by atoms with E-state index in [1.807, 2.05) is 13.8 Å². The Hall–Kier alpha value is -0.950. The van der Waals surface area contributed by atoms with Gasteiger partial charge in [0.25, 0.3) is 0 Å². The summed E-state index contributed by atoms with van der Waals surface area (Å²) in [5.41, 5.74) is 0. The monoisotopic (exact) mass is 181 g/mol. The molecule has 0 aromatic heterocycles. The Morgan fingerprint density at radius 3 is 2.54 bits per heavy atom. The van der Waals surface area contributed by atoms with Gasteiger partial charge < -0.3 is 0 Å². The van der Waals surface area contributed by atoms with Gasteiger partial charge in [-0.15, -0.1) is 0 Å². The van der Waals surface area contributed by atoms with Crippen LogP contribution in [0.15, 0.2) is 4.99 Å². The molecule has 13 heavy (non-hydrogen) atoms. The zero-order chi connectivity index (χ0) is 9.84. The Labute approximate surface area is 78.2 Å². The van der Waals surface area contributed by atoms with Gasteiger partial charge in [-0.25, -0.2) is 9.79 Å². The van der Waals surface area contributed by atoms with E-state index in [0.29, 0.717) is 6.42 Å². The van der Waals surface area contributed by atoms with Gasteiger partial charge in [0, 0.05) is 12.3 Å². The van der Waals surface area contributed by atoms with Crippen molar-refractivity contribution in [3.8, 4) is 0 Å². The third-order valence-corrected chi connectivity index (χ3v) is 2.43. The smallest absolute Gasteiger partial charge is 0.235 e. The van der Waals surface area contributed by atoms with E-state index in [-0.39, 0.29) is 23.7 Å². The number of isocyanates is 1. The van der Waals surface area contributed by atoms with E-state index >= 15 is 0 Å². The number of carbonyl (C=O) groups is 1. The lowest BCUT2D eigenvalue weighted by Crippen LogP contribution is -2.18. The van der Waals surface area contributed by atoms with Crippen LogP contribution in [0.4, 0.5) is 0 Å². The molecular weight excluding hydrogens is 166 g/mol. The van der Waals surface area contributed by atoms with Crippen molar-refractivity contribution in [3.63, 3.8) is 0 Å². The Bertz CT molecular complexity index is 237. The maximum Gasteiger partial charge on any atom is 0.235 e. The molecule has 1 atom stereocenters. The first-order valence-electron chi connectivity index (χ1n) is 4.75. The summed E-state index contributed by atoms with van der Waals surface area (Å²) in [6.07, 6.45) is 4.00. The van der Waals surface area contributed by atoms with Crippen LogP contribution in [0.5, 0.6) is 0 Å². The maximum atomic E-state index is 11.4. The predicted octanol–water partition coefficient (Wildman–Crippen LogP) is 1.72. The van der Waals surface area contributed by atoms with Crippen LogP contribution >= 0.6 is 0 Å². The highest BCUT2D eigenvalue weighted by molar-refractivity contribution is 5.83. The van der Waals surface area contributed by atoms with E-state index in [0.717, 1.165) is 12.8 Å². The van der Waals surface area contributed by atoms with E-state index < -0.39 is 0 Å². The van der Waals surface area contributed by atoms with Crippen LogP contribution in [-0.4, -0.2) is 17.9 Å². The zero-order valence-electron chi connectivity index (χ0n) is 8.12. The predicted molar refractivity (Wildman–Crippen MR) is 49.1 cm³/mol. The van der Waals surface area contributed by atoms with E-state index in [4.69, 9.17) is 0 Å². The Kier molecular flexibility index (Phi) is 3.38. The van der Waals surface area contributed by atoms with Crippen LogP contribution in [0.25, 0.3) is 0 Å². The van der Waals surface area contributed by atoms with Gasteiger partial charge in [0.05, 0.1) is 6.04 Å². The molecule has 3 nitrogen and oxygen atoms in total. The molecule has 0 aliphatic heterocycles. The molecule has 0 N–H and O–H groups in total. The summed E-state index contributed by atoms with van der Waals surface area (Å²) in [5, 5.41) is 0. The highest BCUT2D eigenvalue weighted by Crippen LogP contribution is 2.32. The average Bonchev–Trinajstić information content (AvgIpc) is 2.85. The quantitative estimate of drug-likeness (QED) is 0.479. The van der Waals surface area contributed by atoms with E-state index in [1.54, 1.807) is 0 Å². The molecule has 0 heterocycles. The van der Waals surface area contributed by atoms with Crippen molar-refractivity contribution in [1.29, 1.82) is 0 Å². The molecule has 1 rings (SSSR count). The molecule has 0 aromatic carbocycles. The fraction of sp³-hybridized carbons (Fsp3) is 0.800. The normalized spacial score (nSPS) is 18.1. The number of nitrogens with zero attached hydrogens (tertiary/aromatic N) is 1. The van der Waals surface area contributed by atoms with Gasteiger partial charge in [-0.3, -0.25) is 4.79 Å². The van der Waals surface area contributed by atoms with Crippen molar-refractivity contribution in [3.05, 3.63) is 0 Å². The lowest BCUT2D eigenvalue weighted by atomic mass is 9.98. The molecule has 1 aliphatic rings. The summed E-state index contributed by atoms with van der Waals surface area (Å²) >= 11 is 0. The average molecular weight is 181 g/mol. The highest BCUT2D eigenvalue weighted by atomic mass is 16.1. The van der Waals surface area contributed by atoms with Gasteiger partial charge in [0.15, 0.2) is 0 Å². The molecule has 72 valence electrons. The summed E-state index contributed by atoms with van der Waals surface area (Å²) in [4.78, 5) is 25.1. The Morgan fingerprint density at radius 1 is 1.54 bits per heavy atom. The van der Waals surface area contributed by atoms with E-state index in [1.165, 1.54) is 6.08 Å². The molecule has 0 spiro atoms. The van der Waals surface area contributed by atoms with Crippen molar-refractivity contribution >= 4 is 11.9 Å². The van der Waals surface area contributed by atoms with Crippen molar-refractivity contribution in [2.24, 2.45) is 16.8 Å². The number of hydrogen-bond donors (Lipinski definition) is 0. The standard InChI is InChI=1S/C10H15NO2/c1-7(2)9(11-6-12)5-10(13)8-3-4-8/h7-9H,3-5H2,1-2H3/t9-/m1/s1. The molecule has 0 saturated heterocycles. The number of ketones is 1. The van der Waals surface area contributed by atoms with Crippen LogP contribution in [0, 0.1) is 11.8 Å². The fourth-order valence-corrected chi connectivity index (χ4v) is 1.28. The minimum atomic E-state index is -0.161. The first kappa shape index (κ1) is 10.1. The van der Waals surface area contributed by atoms with Crippen LogP contribution < -0.4 is 0 Å². The topological polar surface area (TPSA) is 46.5 Å². The van der Waals surface area contributed by atoms with Gasteiger partial charge in [0.1, 0.15) is 5.78 Å². The third kappa shape index (κ3) is 3.11. The minimum absolute atomic E-state index is 0.161. The van der Waals surface area contributed by atoms with Gasteiger partial charge in [-0.1, -0.05) is 13.8 Å². The zero-order valence-corrected chi connectivity index (χ0v) is 8.12. The molecular formula is C10H15NO2. The second-order valence-corrected chi connectivity index (χ2v) is 3.98. The van der Waals surface area contributed by atoms with Gasteiger partial charge in [-0.05, 0) is 18.8 Å².